The summed E-state index contributed by atoms with van der Waals surface area (Å²) in [5.41, 5.74) is 2.07. The number of hydrogen-bond acceptors (Lipinski definition) is 6. The first kappa shape index (κ1) is 20.2. The molecule has 0 spiro atoms. The van der Waals surface area contributed by atoms with Crippen molar-refractivity contribution < 1.29 is 9.53 Å². The molecular weight excluding hydrogens is 443 g/mol. The van der Waals surface area contributed by atoms with Gasteiger partial charge in [0.15, 0.2) is 0 Å². The van der Waals surface area contributed by atoms with Crippen LogP contribution >= 0.6 is 35.1 Å². The van der Waals surface area contributed by atoms with Crippen LogP contribution in [0.1, 0.15) is 29.6 Å². The zero-order valence-electron chi connectivity index (χ0n) is 16.3. The minimum atomic E-state index is -0.272. The third-order valence-corrected chi connectivity index (χ3v) is 7.44. The van der Waals surface area contributed by atoms with Gasteiger partial charge in [0.25, 0.3) is 5.91 Å². The molecule has 1 aromatic carbocycles. The average molecular weight is 465 g/mol. The standard InChI is InChI=1S/C21H22Cl2N4O2S/c22-13-6-14(8-17(7-13)27-15-2-3-16(27)12-29-11-15)25-21(28)18-9-20(24-10-19(18)23)26-4-1-5-30-26/h6-10,15-16H,1-5,11-12H2,(H,25,28). The summed E-state index contributed by atoms with van der Waals surface area (Å²) in [4.78, 5) is 19.8. The van der Waals surface area contributed by atoms with Crippen LogP contribution in [-0.2, 0) is 4.74 Å². The number of amides is 1. The Bertz CT molecular complexity index is 954. The van der Waals surface area contributed by atoms with Crippen molar-refractivity contribution in [3.05, 3.63) is 46.1 Å². The lowest BCUT2D eigenvalue weighted by atomic mass is 10.1. The Labute approximate surface area is 190 Å². The number of pyridine rings is 1. The fourth-order valence-electron chi connectivity index (χ4n) is 4.41. The van der Waals surface area contributed by atoms with E-state index in [0.29, 0.717) is 33.4 Å². The normalized spacial score (nSPS) is 23.1. The summed E-state index contributed by atoms with van der Waals surface area (Å²) in [6.07, 6.45) is 4.87. The van der Waals surface area contributed by atoms with Gasteiger partial charge in [-0.1, -0.05) is 23.2 Å². The number of carbonyl (C=O) groups excluding carboxylic acids is 1. The molecule has 1 N–H and O–H groups in total. The van der Waals surface area contributed by atoms with E-state index in [1.54, 1.807) is 30.3 Å². The molecule has 3 aliphatic rings. The number of ether oxygens (including phenoxy) is 1. The number of aromatic nitrogens is 1. The van der Waals surface area contributed by atoms with E-state index in [4.69, 9.17) is 27.9 Å². The molecule has 30 heavy (non-hydrogen) atoms. The predicted octanol–water partition coefficient (Wildman–Crippen LogP) is 4.87. The summed E-state index contributed by atoms with van der Waals surface area (Å²) < 4.78 is 7.78. The van der Waals surface area contributed by atoms with Gasteiger partial charge in [0.05, 0.1) is 35.9 Å². The first-order chi connectivity index (χ1) is 14.6. The second-order valence-corrected chi connectivity index (χ2v) is 9.74. The highest BCUT2D eigenvalue weighted by Gasteiger charge is 2.37. The molecule has 9 heteroatoms. The van der Waals surface area contributed by atoms with E-state index in [1.165, 1.54) is 0 Å². The summed E-state index contributed by atoms with van der Waals surface area (Å²) in [5, 5.41) is 3.88. The number of morpholine rings is 1. The van der Waals surface area contributed by atoms with Crippen LogP contribution in [0.5, 0.6) is 0 Å². The molecule has 4 heterocycles. The number of halogens is 2. The van der Waals surface area contributed by atoms with Gasteiger partial charge in [-0.3, -0.25) is 4.79 Å². The van der Waals surface area contributed by atoms with Crippen molar-refractivity contribution in [2.75, 3.05) is 40.0 Å². The lowest BCUT2D eigenvalue weighted by Crippen LogP contribution is -2.45. The molecule has 2 atom stereocenters. The van der Waals surface area contributed by atoms with Crippen molar-refractivity contribution in [2.24, 2.45) is 0 Å². The summed E-state index contributed by atoms with van der Waals surface area (Å²) in [7, 11) is 0. The molecule has 158 valence electrons. The molecule has 0 saturated carbocycles. The van der Waals surface area contributed by atoms with Crippen LogP contribution in [0.25, 0.3) is 0 Å². The topological polar surface area (TPSA) is 57.7 Å². The summed E-state index contributed by atoms with van der Waals surface area (Å²) in [6.45, 7) is 2.38. The van der Waals surface area contributed by atoms with E-state index in [2.05, 4.69) is 19.5 Å². The van der Waals surface area contributed by atoms with Crippen molar-refractivity contribution in [1.82, 2.24) is 4.98 Å². The summed E-state index contributed by atoms with van der Waals surface area (Å²) in [6, 6.07) is 8.17. The highest BCUT2D eigenvalue weighted by Crippen LogP contribution is 2.37. The maximum atomic E-state index is 13.0. The highest BCUT2D eigenvalue weighted by molar-refractivity contribution is 8.00. The molecule has 3 aliphatic heterocycles. The minimum Gasteiger partial charge on any atom is -0.377 e. The van der Waals surface area contributed by atoms with Crippen LogP contribution in [0, 0.1) is 0 Å². The number of fused-ring (bicyclic) bond motifs is 2. The van der Waals surface area contributed by atoms with E-state index in [1.807, 2.05) is 12.1 Å². The molecule has 2 bridgehead atoms. The van der Waals surface area contributed by atoms with Crippen molar-refractivity contribution in [3.8, 4) is 0 Å². The van der Waals surface area contributed by atoms with Gasteiger partial charge in [-0.15, -0.1) is 0 Å². The molecule has 1 aromatic heterocycles. The van der Waals surface area contributed by atoms with Gasteiger partial charge in [0.2, 0.25) is 0 Å². The fraction of sp³-hybridized carbons (Fsp3) is 0.429. The van der Waals surface area contributed by atoms with Crippen molar-refractivity contribution in [3.63, 3.8) is 0 Å². The molecule has 0 aliphatic carbocycles. The fourth-order valence-corrected chi connectivity index (χ4v) is 5.80. The SMILES string of the molecule is O=C(Nc1cc(Cl)cc(N2C3CCC2COC3)c1)c1cc(N2CCCS2)ncc1Cl. The maximum Gasteiger partial charge on any atom is 0.257 e. The lowest BCUT2D eigenvalue weighted by molar-refractivity contribution is 0.0906. The van der Waals surface area contributed by atoms with Crippen molar-refractivity contribution >= 4 is 58.2 Å². The smallest absolute Gasteiger partial charge is 0.257 e. The summed E-state index contributed by atoms with van der Waals surface area (Å²) in [5.74, 6) is 1.54. The number of hydrogen-bond donors (Lipinski definition) is 1. The van der Waals surface area contributed by atoms with Gasteiger partial charge in [0, 0.05) is 34.9 Å². The molecule has 6 nitrogen and oxygen atoms in total. The van der Waals surface area contributed by atoms with Gasteiger partial charge < -0.3 is 19.3 Å². The van der Waals surface area contributed by atoms with E-state index < -0.39 is 0 Å². The number of nitrogens with one attached hydrogen (secondary N) is 1. The quantitative estimate of drug-likeness (QED) is 0.651. The average Bonchev–Trinajstić information content (AvgIpc) is 3.34. The van der Waals surface area contributed by atoms with E-state index >= 15 is 0 Å². The molecule has 1 amide bonds. The van der Waals surface area contributed by atoms with Gasteiger partial charge >= 0.3 is 0 Å². The number of nitrogens with zero attached hydrogens (tertiary/aromatic N) is 3. The molecule has 3 fully saturated rings. The Balaban J connectivity index is 1.39. The molecule has 5 rings (SSSR count). The first-order valence-electron chi connectivity index (χ1n) is 10.1. The molecule has 3 saturated heterocycles. The van der Waals surface area contributed by atoms with E-state index in [9.17, 15) is 4.79 Å². The first-order valence-corrected chi connectivity index (χ1v) is 11.8. The molecule has 2 unspecified atom stereocenters. The second kappa shape index (κ2) is 8.46. The van der Waals surface area contributed by atoms with Crippen LogP contribution in [0.4, 0.5) is 17.2 Å². The zero-order chi connectivity index (χ0) is 20.7. The molecular formula is C21H22Cl2N4O2S. The van der Waals surface area contributed by atoms with Gasteiger partial charge in [-0.2, -0.15) is 0 Å². The number of carbonyl (C=O) groups is 1. The predicted molar refractivity (Wildman–Crippen MR) is 123 cm³/mol. The van der Waals surface area contributed by atoms with Crippen LogP contribution in [0.3, 0.4) is 0 Å². The number of anilines is 3. The molecule has 0 radical (unpaired) electrons. The molecule has 2 aromatic rings. The third kappa shape index (κ3) is 3.96. The van der Waals surface area contributed by atoms with Gasteiger partial charge in [-0.05, 0) is 55.5 Å². The van der Waals surface area contributed by atoms with Gasteiger partial charge in [0.1, 0.15) is 5.82 Å². The Morgan fingerprint density at radius 2 is 1.97 bits per heavy atom. The zero-order valence-corrected chi connectivity index (χ0v) is 18.6. The van der Waals surface area contributed by atoms with Crippen LogP contribution in [0.2, 0.25) is 10.0 Å². The van der Waals surface area contributed by atoms with Crippen LogP contribution in [0.15, 0.2) is 30.5 Å². The Morgan fingerprint density at radius 3 is 2.70 bits per heavy atom. The lowest BCUT2D eigenvalue weighted by Gasteiger charge is -2.36. The number of rotatable bonds is 4. The van der Waals surface area contributed by atoms with Crippen molar-refractivity contribution in [1.29, 1.82) is 0 Å². The summed E-state index contributed by atoms with van der Waals surface area (Å²) >= 11 is 14.4. The largest absolute Gasteiger partial charge is 0.377 e. The third-order valence-electron chi connectivity index (χ3n) is 5.77. The van der Waals surface area contributed by atoms with Crippen molar-refractivity contribution in [2.45, 2.75) is 31.3 Å². The van der Waals surface area contributed by atoms with E-state index in [0.717, 1.165) is 56.3 Å². The minimum absolute atomic E-state index is 0.272. The maximum absolute atomic E-state index is 13.0. The Kier molecular flexibility index (Phi) is 5.71. The Morgan fingerprint density at radius 1 is 1.17 bits per heavy atom. The second-order valence-electron chi connectivity index (χ2n) is 7.79. The van der Waals surface area contributed by atoms with Crippen LogP contribution < -0.4 is 14.5 Å². The van der Waals surface area contributed by atoms with Gasteiger partial charge in [-0.25, -0.2) is 4.98 Å². The van der Waals surface area contributed by atoms with Crippen LogP contribution in [-0.4, -0.2) is 48.5 Å². The monoisotopic (exact) mass is 464 g/mol. The Hall–Kier alpha value is -1.67. The number of benzene rings is 1. The highest BCUT2D eigenvalue weighted by atomic mass is 35.5. The van der Waals surface area contributed by atoms with E-state index in [-0.39, 0.29) is 5.91 Å².